The van der Waals surface area contributed by atoms with E-state index in [9.17, 15) is 4.39 Å². The monoisotopic (exact) mass is 275 g/mol. The summed E-state index contributed by atoms with van der Waals surface area (Å²) in [6, 6.07) is 6.63. The van der Waals surface area contributed by atoms with E-state index in [4.69, 9.17) is 0 Å². The molecule has 0 amide bonds. The smallest absolute Gasteiger partial charge is 0.244 e. The number of anilines is 2. The number of hydrogen-bond donors (Lipinski definition) is 2. The number of benzene rings is 1. The van der Waals surface area contributed by atoms with Gasteiger partial charge in [-0.05, 0) is 12.0 Å². The van der Waals surface area contributed by atoms with Crippen molar-refractivity contribution in [3.8, 4) is 0 Å². The van der Waals surface area contributed by atoms with Gasteiger partial charge >= 0.3 is 0 Å². The van der Waals surface area contributed by atoms with Crippen LogP contribution in [0.3, 0.4) is 0 Å². The van der Waals surface area contributed by atoms with E-state index < -0.39 is 0 Å². The van der Waals surface area contributed by atoms with Gasteiger partial charge in [0.15, 0.2) is 5.82 Å². The summed E-state index contributed by atoms with van der Waals surface area (Å²) in [5.41, 5.74) is 0.586. The Bertz CT molecular complexity index is 559. The highest BCUT2D eigenvalue weighted by Gasteiger charge is 2.03. The van der Waals surface area contributed by atoms with Crippen molar-refractivity contribution >= 4 is 11.8 Å². The number of hydrogen-bond acceptors (Lipinski definition) is 5. The Hall–Kier alpha value is -2.24. The summed E-state index contributed by atoms with van der Waals surface area (Å²) in [7, 11) is 0. The van der Waals surface area contributed by atoms with Gasteiger partial charge in [0.1, 0.15) is 5.82 Å². The molecule has 1 aromatic carbocycles. The van der Waals surface area contributed by atoms with Crippen molar-refractivity contribution in [1.82, 2.24) is 15.2 Å². The molecule has 0 bridgehead atoms. The van der Waals surface area contributed by atoms with Gasteiger partial charge in [0.25, 0.3) is 0 Å². The number of nitrogens with one attached hydrogen (secondary N) is 2. The second-order valence-corrected chi connectivity index (χ2v) is 4.88. The number of nitrogens with zero attached hydrogens (tertiary/aromatic N) is 3. The number of rotatable bonds is 6. The fraction of sp³-hybridized carbons (Fsp3) is 0.357. The van der Waals surface area contributed by atoms with Crippen LogP contribution in [-0.2, 0) is 6.54 Å². The van der Waals surface area contributed by atoms with Crippen LogP contribution in [0.5, 0.6) is 0 Å². The SMILES string of the molecule is CC(C)CNc1nncc(NCc2ccccc2F)n1. The molecule has 0 aliphatic rings. The maximum atomic E-state index is 13.5. The summed E-state index contributed by atoms with van der Waals surface area (Å²) < 4.78 is 13.5. The Morgan fingerprint density at radius 2 is 2.00 bits per heavy atom. The molecule has 1 aromatic heterocycles. The van der Waals surface area contributed by atoms with Gasteiger partial charge in [-0.15, -0.1) is 5.10 Å². The fourth-order valence-corrected chi connectivity index (χ4v) is 1.59. The van der Waals surface area contributed by atoms with E-state index in [0.29, 0.717) is 29.8 Å². The topological polar surface area (TPSA) is 62.7 Å². The first-order valence-corrected chi connectivity index (χ1v) is 6.56. The Labute approximate surface area is 117 Å². The molecule has 0 aliphatic heterocycles. The molecule has 0 unspecified atom stereocenters. The van der Waals surface area contributed by atoms with E-state index in [1.165, 1.54) is 12.3 Å². The lowest BCUT2D eigenvalue weighted by molar-refractivity contribution is 0.613. The molecule has 6 heteroatoms. The van der Waals surface area contributed by atoms with Gasteiger partial charge in [0.2, 0.25) is 5.95 Å². The summed E-state index contributed by atoms with van der Waals surface area (Å²) in [5.74, 6) is 1.29. The average Bonchev–Trinajstić information content (AvgIpc) is 2.45. The Kier molecular flexibility index (Phi) is 4.81. The van der Waals surface area contributed by atoms with Crippen molar-refractivity contribution in [2.75, 3.05) is 17.2 Å². The lowest BCUT2D eigenvalue weighted by atomic mass is 10.2. The first kappa shape index (κ1) is 14.2. The third-order valence-corrected chi connectivity index (χ3v) is 2.65. The zero-order valence-corrected chi connectivity index (χ0v) is 11.6. The highest BCUT2D eigenvalue weighted by molar-refractivity contribution is 5.38. The number of halogens is 1. The Morgan fingerprint density at radius 3 is 2.75 bits per heavy atom. The van der Waals surface area contributed by atoms with Crippen molar-refractivity contribution in [2.45, 2.75) is 20.4 Å². The lowest BCUT2D eigenvalue weighted by Gasteiger charge is -2.09. The van der Waals surface area contributed by atoms with Gasteiger partial charge < -0.3 is 10.6 Å². The zero-order valence-electron chi connectivity index (χ0n) is 11.6. The minimum atomic E-state index is -0.236. The van der Waals surface area contributed by atoms with Crippen LogP contribution in [0.2, 0.25) is 0 Å². The summed E-state index contributed by atoms with van der Waals surface area (Å²) in [6.07, 6.45) is 1.52. The number of aromatic nitrogens is 3. The summed E-state index contributed by atoms with van der Waals surface area (Å²) in [6.45, 7) is 5.33. The van der Waals surface area contributed by atoms with Gasteiger partial charge in [-0.3, -0.25) is 0 Å². The molecule has 0 spiro atoms. The molecular weight excluding hydrogens is 257 g/mol. The normalized spacial score (nSPS) is 10.6. The van der Waals surface area contributed by atoms with Crippen LogP contribution in [0.25, 0.3) is 0 Å². The van der Waals surface area contributed by atoms with Crippen molar-refractivity contribution < 1.29 is 4.39 Å². The van der Waals surface area contributed by atoms with Crippen LogP contribution < -0.4 is 10.6 Å². The molecule has 0 radical (unpaired) electrons. The van der Waals surface area contributed by atoms with Crippen LogP contribution in [0, 0.1) is 11.7 Å². The van der Waals surface area contributed by atoms with Crippen LogP contribution in [0.15, 0.2) is 30.5 Å². The van der Waals surface area contributed by atoms with E-state index in [-0.39, 0.29) is 5.82 Å². The fourth-order valence-electron chi connectivity index (χ4n) is 1.59. The molecule has 2 aromatic rings. The van der Waals surface area contributed by atoms with Crippen molar-refractivity contribution in [1.29, 1.82) is 0 Å². The summed E-state index contributed by atoms with van der Waals surface area (Å²) >= 11 is 0. The minimum Gasteiger partial charge on any atom is -0.364 e. The Balaban J connectivity index is 1.96. The highest BCUT2D eigenvalue weighted by Crippen LogP contribution is 2.10. The zero-order chi connectivity index (χ0) is 14.4. The van der Waals surface area contributed by atoms with E-state index in [1.807, 2.05) is 0 Å². The van der Waals surface area contributed by atoms with Crippen LogP contribution >= 0.6 is 0 Å². The van der Waals surface area contributed by atoms with Gasteiger partial charge in [0, 0.05) is 18.7 Å². The molecule has 0 saturated carbocycles. The third-order valence-electron chi connectivity index (χ3n) is 2.65. The predicted molar refractivity (Wildman–Crippen MR) is 76.9 cm³/mol. The first-order chi connectivity index (χ1) is 9.65. The van der Waals surface area contributed by atoms with E-state index >= 15 is 0 Å². The molecular formula is C14H18FN5. The molecule has 0 fully saturated rings. The third kappa shape index (κ3) is 4.15. The molecule has 0 atom stereocenters. The minimum absolute atomic E-state index is 0.236. The lowest BCUT2D eigenvalue weighted by Crippen LogP contribution is -2.12. The molecule has 20 heavy (non-hydrogen) atoms. The first-order valence-electron chi connectivity index (χ1n) is 6.56. The molecule has 0 saturated heterocycles. The predicted octanol–water partition coefficient (Wildman–Crippen LogP) is 2.69. The maximum Gasteiger partial charge on any atom is 0.244 e. The van der Waals surface area contributed by atoms with E-state index in [0.717, 1.165) is 6.54 Å². The van der Waals surface area contributed by atoms with E-state index in [2.05, 4.69) is 39.7 Å². The van der Waals surface area contributed by atoms with Gasteiger partial charge in [-0.25, -0.2) is 4.39 Å². The summed E-state index contributed by atoms with van der Waals surface area (Å²) in [5, 5.41) is 13.9. The quantitative estimate of drug-likeness (QED) is 0.848. The average molecular weight is 275 g/mol. The van der Waals surface area contributed by atoms with Crippen molar-refractivity contribution in [3.05, 3.63) is 41.8 Å². The second-order valence-electron chi connectivity index (χ2n) is 4.88. The van der Waals surface area contributed by atoms with Crippen LogP contribution in [0.4, 0.5) is 16.2 Å². The molecule has 2 rings (SSSR count). The molecule has 0 aliphatic carbocycles. The van der Waals surface area contributed by atoms with Crippen LogP contribution in [0.1, 0.15) is 19.4 Å². The van der Waals surface area contributed by atoms with Gasteiger partial charge in [-0.1, -0.05) is 32.0 Å². The molecule has 106 valence electrons. The highest BCUT2D eigenvalue weighted by atomic mass is 19.1. The molecule has 1 heterocycles. The largest absolute Gasteiger partial charge is 0.364 e. The van der Waals surface area contributed by atoms with Gasteiger partial charge in [-0.2, -0.15) is 10.1 Å². The standard InChI is InChI=1S/C14H18FN5/c1-10(2)7-17-14-19-13(9-18-20-14)16-8-11-5-3-4-6-12(11)15/h3-6,9-10H,7-8H2,1-2H3,(H2,16,17,19,20). The Morgan fingerprint density at radius 1 is 1.20 bits per heavy atom. The van der Waals surface area contributed by atoms with E-state index in [1.54, 1.807) is 18.2 Å². The summed E-state index contributed by atoms with van der Waals surface area (Å²) in [4.78, 5) is 4.27. The van der Waals surface area contributed by atoms with Gasteiger partial charge in [0.05, 0.1) is 6.20 Å². The molecule has 5 nitrogen and oxygen atoms in total. The van der Waals surface area contributed by atoms with Crippen LogP contribution in [-0.4, -0.2) is 21.7 Å². The second kappa shape index (κ2) is 6.79. The molecule has 2 N–H and O–H groups in total. The van der Waals surface area contributed by atoms with Crippen molar-refractivity contribution in [2.24, 2.45) is 5.92 Å². The van der Waals surface area contributed by atoms with Crippen molar-refractivity contribution in [3.63, 3.8) is 0 Å². The maximum absolute atomic E-state index is 13.5.